The van der Waals surface area contributed by atoms with Crippen molar-refractivity contribution in [2.24, 2.45) is 0 Å². The Hall–Kier alpha value is -1.89. The van der Waals surface area contributed by atoms with E-state index in [2.05, 4.69) is 29.4 Å². The maximum Gasteiger partial charge on any atom is 0.319 e. The molecule has 2 aliphatic rings. The van der Waals surface area contributed by atoms with E-state index >= 15 is 0 Å². The van der Waals surface area contributed by atoms with Crippen LogP contribution in [-0.2, 0) is 0 Å². The molecule has 0 radical (unpaired) electrons. The third-order valence-corrected chi connectivity index (χ3v) is 4.98. The molecule has 2 N–H and O–H groups in total. The summed E-state index contributed by atoms with van der Waals surface area (Å²) in [6.45, 7) is 7.30. The quantitative estimate of drug-likeness (QED) is 0.875. The van der Waals surface area contributed by atoms with E-state index in [-0.39, 0.29) is 17.4 Å². The number of nitrogens with zero attached hydrogens (tertiary/aromatic N) is 2. The van der Waals surface area contributed by atoms with Gasteiger partial charge in [0, 0.05) is 44.0 Å². The molecule has 0 spiro atoms. The summed E-state index contributed by atoms with van der Waals surface area (Å²) in [5.41, 5.74) is 0.140. The van der Waals surface area contributed by atoms with Gasteiger partial charge in [0.25, 0.3) is 0 Å². The predicted octanol–water partition coefficient (Wildman–Crippen LogP) is 3.17. The number of hydrogen-bond donors (Lipinski definition) is 2. The molecule has 1 aromatic rings. The fourth-order valence-corrected chi connectivity index (χ4v) is 3.61. The molecule has 0 bridgehead atoms. The number of halogens is 2. The molecule has 2 amide bonds. The van der Waals surface area contributed by atoms with E-state index in [0.29, 0.717) is 19.1 Å². The topological polar surface area (TPSA) is 47.6 Å². The van der Waals surface area contributed by atoms with Gasteiger partial charge in [0.1, 0.15) is 5.69 Å². The van der Waals surface area contributed by atoms with Crippen molar-refractivity contribution in [2.45, 2.75) is 45.2 Å². The van der Waals surface area contributed by atoms with E-state index in [1.165, 1.54) is 12.1 Å². The van der Waals surface area contributed by atoms with Crippen LogP contribution in [0.4, 0.5) is 25.0 Å². The predicted molar refractivity (Wildman–Crippen MR) is 95.1 cm³/mol. The van der Waals surface area contributed by atoms with Crippen LogP contribution in [0.1, 0.15) is 33.1 Å². The van der Waals surface area contributed by atoms with Crippen LogP contribution >= 0.6 is 0 Å². The minimum absolute atomic E-state index is 0.00632. The second-order valence-electron chi connectivity index (χ2n) is 7.16. The van der Waals surface area contributed by atoms with Crippen LogP contribution in [0.5, 0.6) is 0 Å². The zero-order valence-electron chi connectivity index (χ0n) is 14.8. The van der Waals surface area contributed by atoms with Gasteiger partial charge in [-0.2, -0.15) is 0 Å². The molecule has 2 fully saturated rings. The Bertz CT molecular complexity index is 608. The minimum atomic E-state index is -0.635. The number of nitrogens with one attached hydrogen (secondary N) is 2. The number of amides is 2. The number of likely N-dealkylation sites (tertiary alicyclic amines) is 1. The highest BCUT2D eigenvalue weighted by atomic mass is 19.1. The maximum atomic E-state index is 14.3. The van der Waals surface area contributed by atoms with Gasteiger partial charge in [-0.25, -0.2) is 13.6 Å². The van der Waals surface area contributed by atoms with E-state index in [0.717, 1.165) is 32.4 Å². The molecule has 0 unspecified atom stereocenters. The number of rotatable bonds is 4. The van der Waals surface area contributed by atoms with Crippen molar-refractivity contribution >= 4 is 17.4 Å². The van der Waals surface area contributed by atoms with Crippen molar-refractivity contribution in [3.05, 3.63) is 23.8 Å². The number of carbonyl (C=O) groups is 1. The average Bonchev–Trinajstić information content (AvgIpc) is 3.18. The molecule has 2 saturated heterocycles. The lowest BCUT2D eigenvalue weighted by atomic mass is 10.2. The Morgan fingerprint density at radius 3 is 2.36 bits per heavy atom. The first-order chi connectivity index (χ1) is 11.9. The molecule has 0 saturated carbocycles. The van der Waals surface area contributed by atoms with E-state index < -0.39 is 17.7 Å². The summed E-state index contributed by atoms with van der Waals surface area (Å²) in [7, 11) is 0. The third-order valence-electron chi connectivity index (χ3n) is 4.98. The molecule has 138 valence electrons. The second-order valence-corrected chi connectivity index (χ2v) is 7.16. The summed E-state index contributed by atoms with van der Waals surface area (Å²) in [5.74, 6) is -1.27. The van der Waals surface area contributed by atoms with Gasteiger partial charge >= 0.3 is 6.03 Å². The van der Waals surface area contributed by atoms with Crippen molar-refractivity contribution in [3.63, 3.8) is 0 Å². The molecule has 25 heavy (non-hydrogen) atoms. The van der Waals surface area contributed by atoms with Gasteiger partial charge in [0.05, 0.1) is 0 Å². The van der Waals surface area contributed by atoms with E-state index in [9.17, 15) is 13.6 Å². The fraction of sp³-hybridized carbons (Fsp3) is 0.611. The SMILES string of the molecule is CC(C)N1CC[C@H](NC(=O)Nc2cc(F)c(N3CCCC3)c(F)c2)C1. The van der Waals surface area contributed by atoms with Crippen LogP contribution in [0.3, 0.4) is 0 Å². The lowest BCUT2D eigenvalue weighted by Gasteiger charge is -2.21. The van der Waals surface area contributed by atoms with Gasteiger partial charge in [-0.15, -0.1) is 0 Å². The minimum Gasteiger partial charge on any atom is -0.367 e. The van der Waals surface area contributed by atoms with Gasteiger partial charge in [-0.1, -0.05) is 0 Å². The van der Waals surface area contributed by atoms with E-state index in [4.69, 9.17) is 0 Å². The van der Waals surface area contributed by atoms with Crippen LogP contribution in [0, 0.1) is 11.6 Å². The molecule has 7 heteroatoms. The zero-order valence-corrected chi connectivity index (χ0v) is 14.8. The van der Waals surface area contributed by atoms with Crippen molar-refractivity contribution in [2.75, 3.05) is 36.4 Å². The third kappa shape index (κ3) is 4.21. The molecule has 2 aliphatic heterocycles. The Morgan fingerprint density at radius 1 is 1.16 bits per heavy atom. The highest BCUT2D eigenvalue weighted by molar-refractivity contribution is 5.89. The standard InChI is InChI=1S/C18H26F2N4O/c1-12(2)24-8-5-13(11-24)21-18(25)22-14-9-15(19)17(16(20)10-14)23-6-3-4-7-23/h9-10,12-13H,3-8,11H2,1-2H3,(H2,21,22,25)/t13-/m0/s1. The van der Waals surface area contributed by atoms with Gasteiger partial charge in [-0.3, -0.25) is 4.90 Å². The van der Waals surface area contributed by atoms with Gasteiger partial charge in [-0.05, 0) is 45.2 Å². The smallest absolute Gasteiger partial charge is 0.319 e. The maximum absolute atomic E-state index is 14.3. The van der Waals surface area contributed by atoms with Crippen molar-refractivity contribution in [1.29, 1.82) is 0 Å². The second kappa shape index (κ2) is 7.56. The molecule has 2 heterocycles. The van der Waals surface area contributed by atoms with Crippen molar-refractivity contribution in [1.82, 2.24) is 10.2 Å². The average molecular weight is 352 g/mol. The first-order valence-electron chi connectivity index (χ1n) is 8.99. The summed E-state index contributed by atoms with van der Waals surface area (Å²) < 4.78 is 28.6. The number of hydrogen-bond acceptors (Lipinski definition) is 3. The molecule has 0 aromatic heterocycles. The summed E-state index contributed by atoms with van der Waals surface area (Å²) in [6, 6.07) is 2.44. The summed E-state index contributed by atoms with van der Waals surface area (Å²) in [6.07, 6.45) is 2.76. The van der Waals surface area contributed by atoms with E-state index in [1.807, 2.05) is 0 Å². The van der Waals surface area contributed by atoms with Gasteiger partial charge < -0.3 is 15.5 Å². The number of urea groups is 1. The van der Waals surface area contributed by atoms with Crippen LogP contribution < -0.4 is 15.5 Å². The number of benzene rings is 1. The monoisotopic (exact) mass is 352 g/mol. The molecule has 5 nitrogen and oxygen atoms in total. The Labute approximate surface area is 147 Å². The Kier molecular flexibility index (Phi) is 5.42. The van der Waals surface area contributed by atoms with Crippen LogP contribution in [-0.4, -0.2) is 49.2 Å². The molecular weight excluding hydrogens is 326 g/mol. The van der Waals surface area contributed by atoms with Crippen molar-refractivity contribution < 1.29 is 13.6 Å². The first-order valence-corrected chi connectivity index (χ1v) is 8.99. The number of carbonyl (C=O) groups excluding carboxylic acids is 1. The fourth-order valence-electron chi connectivity index (χ4n) is 3.61. The lowest BCUT2D eigenvalue weighted by Crippen LogP contribution is -2.40. The molecule has 3 rings (SSSR count). The Balaban J connectivity index is 1.60. The van der Waals surface area contributed by atoms with Crippen LogP contribution in [0.15, 0.2) is 12.1 Å². The summed E-state index contributed by atoms with van der Waals surface area (Å²) in [5, 5.41) is 5.42. The molecule has 0 aliphatic carbocycles. The first kappa shape index (κ1) is 17.9. The Morgan fingerprint density at radius 2 is 1.80 bits per heavy atom. The molecule has 1 aromatic carbocycles. The molecular formula is C18H26F2N4O. The normalized spacial score (nSPS) is 21.2. The highest BCUT2D eigenvalue weighted by Gasteiger charge is 2.26. The van der Waals surface area contributed by atoms with Gasteiger partial charge in [0.15, 0.2) is 11.6 Å². The van der Waals surface area contributed by atoms with Crippen LogP contribution in [0.25, 0.3) is 0 Å². The van der Waals surface area contributed by atoms with Gasteiger partial charge in [0.2, 0.25) is 0 Å². The largest absolute Gasteiger partial charge is 0.367 e. The number of anilines is 2. The van der Waals surface area contributed by atoms with Crippen molar-refractivity contribution in [3.8, 4) is 0 Å². The summed E-state index contributed by atoms with van der Waals surface area (Å²) in [4.78, 5) is 16.1. The molecule has 1 atom stereocenters. The summed E-state index contributed by atoms with van der Waals surface area (Å²) >= 11 is 0. The van der Waals surface area contributed by atoms with Crippen LogP contribution in [0.2, 0.25) is 0 Å². The highest BCUT2D eigenvalue weighted by Crippen LogP contribution is 2.29. The lowest BCUT2D eigenvalue weighted by molar-refractivity contribution is 0.244. The zero-order chi connectivity index (χ0) is 18.0. The van der Waals surface area contributed by atoms with E-state index in [1.54, 1.807) is 4.90 Å².